The summed E-state index contributed by atoms with van der Waals surface area (Å²) in [6.45, 7) is 10.1. The second kappa shape index (κ2) is 14.6. The highest BCUT2D eigenvalue weighted by molar-refractivity contribution is 5.90. The van der Waals surface area contributed by atoms with Crippen molar-refractivity contribution in [2.24, 2.45) is 5.92 Å². The number of hydrogen-bond acceptors (Lipinski definition) is 8. The van der Waals surface area contributed by atoms with Crippen LogP contribution >= 0.6 is 0 Å². The molecule has 0 aliphatic carbocycles. The molecule has 38 heavy (non-hydrogen) atoms. The summed E-state index contributed by atoms with van der Waals surface area (Å²) in [4.78, 5) is 24.4. The van der Waals surface area contributed by atoms with Gasteiger partial charge in [-0.25, -0.2) is 9.59 Å². The van der Waals surface area contributed by atoms with Gasteiger partial charge in [0.1, 0.15) is 11.5 Å². The van der Waals surface area contributed by atoms with Gasteiger partial charge < -0.3 is 28.8 Å². The molecule has 0 atom stereocenters. The van der Waals surface area contributed by atoms with Crippen molar-refractivity contribution in [3.05, 3.63) is 72.3 Å². The van der Waals surface area contributed by atoms with E-state index in [1.165, 1.54) is 13.5 Å². The third-order valence-corrected chi connectivity index (χ3v) is 6.13. The molecule has 0 aromatic heterocycles. The quantitative estimate of drug-likeness (QED) is 0.166. The highest BCUT2D eigenvalue weighted by Crippen LogP contribution is 2.37. The predicted octanol–water partition coefficient (Wildman–Crippen LogP) is 5.16. The van der Waals surface area contributed by atoms with Crippen molar-refractivity contribution in [3.63, 3.8) is 0 Å². The molecule has 3 rings (SSSR count). The molecule has 0 amide bonds. The molecular formula is C30H36O8. The number of hydrogen-bond donors (Lipinski definition) is 1. The van der Waals surface area contributed by atoms with Gasteiger partial charge in [0, 0.05) is 13.0 Å². The lowest BCUT2D eigenvalue weighted by Crippen LogP contribution is -2.27. The Bertz CT molecular complexity index is 1110. The first-order valence-electron chi connectivity index (χ1n) is 12.7. The Kier molecular flexibility index (Phi) is 11.2. The number of esters is 2. The van der Waals surface area contributed by atoms with E-state index in [0.29, 0.717) is 36.2 Å². The van der Waals surface area contributed by atoms with E-state index in [-0.39, 0.29) is 17.8 Å². The Morgan fingerprint density at radius 2 is 1.61 bits per heavy atom. The van der Waals surface area contributed by atoms with Crippen LogP contribution in [0.25, 0.3) is 11.1 Å². The van der Waals surface area contributed by atoms with Crippen LogP contribution in [0.3, 0.4) is 0 Å². The maximum absolute atomic E-state index is 12.5. The van der Waals surface area contributed by atoms with Crippen molar-refractivity contribution in [2.75, 3.05) is 33.5 Å². The average molecular weight is 525 g/mol. The fourth-order valence-corrected chi connectivity index (χ4v) is 3.94. The number of carbonyl (C=O) groups is 2. The van der Waals surface area contributed by atoms with Crippen molar-refractivity contribution < 1.29 is 38.4 Å². The van der Waals surface area contributed by atoms with E-state index in [4.69, 9.17) is 28.8 Å². The van der Waals surface area contributed by atoms with E-state index >= 15 is 0 Å². The minimum Gasteiger partial charge on any atom is -0.423 e. The van der Waals surface area contributed by atoms with Gasteiger partial charge in [-0.05, 0) is 41.8 Å². The summed E-state index contributed by atoms with van der Waals surface area (Å²) in [6.07, 6.45) is 3.83. The second-order valence-electron chi connectivity index (χ2n) is 9.21. The lowest BCUT2D eigenvalue weighted by atomic mass is 10.00. The molecule has 0 unspecified atom stereocenters. The van der Waals surface area contributed by atoms with Gasteiger partial charge in [0.15, 0.2) is 6.29 Å². The third kappa shape index (κ3) is 8.10. The molecule has 1 aliphatic heterocycles. The van der Waals surface area contributed by atoms with Crippen molar-refractivity contribution in [2.45, 2.75) is 38.9 Å². The highest BCUT2D eigenvalue weighted by Gasteiger charge is 2.27. The lowest BCUT2D eigenvalue weighted by Gasteiger charge is -2.30. The molecule has 204 valence electrons. The first-order valence-corrected chi connectivity index (χ1v) is 12.7. The Balaban J connectivity index is 1.81. The molecule has 8 nitrogen and oxygen atoms in total. The summed E-state index contributed by atoms with van der Waals surface area (Å²) in [6, 6.07) is 12.3. The maximum atomic E-state index is 12.5. The van der Waals surface area contributed by atoms with Crippen LogP contribution in [-0.2, 0) is 23.8 Å². The van der Waals surface area contributed by atoms with Gasteiger partial charge in [-0.2, -0.15) is 0 Å². The molecule has 1 N–H and O–H groups in total. The standard InChI is InChI=1S/C30H36O8/c1-5-6-7-8-22-18-35-30(36-19-22)26-15-24(11-14-27(26)38-29(33)21(3)17-34-4)23-9-12-25(13-10-23)37-28(32)20(2)16-31/h9-15,22,30-31H,2-3,5-8,16-19H2,1,4H3. The number of aliphatic hydroxyl groups excluding tert-OH is 1. The Morgan fingerprint density at radius 3 is 2.24 bits per heavy atom. The summed E-state index contributed by atoms with van der Waals surface area (Å²) in [5.74, 6) is -0.318. The van der Waals surface area contributed by atoms with E-state index in [0.717, 1.165) is 30.4 Å². The van der Waals surface area contributed by atoms with Crippen LogP contribution in [0, 0.1) is 5.92 Å². The number of methoxy groups -OCH3 is 1. The highest BCUT2D eigenvalue weighted by atomic mass is 16.7. The second-order valence-corrected chi connectivity index (χ2v) is 9.21. The number of unbranched alkanes of at least 4 members (excludes halogenated alkanes) is 2. The number of rotatable bonds is 13. The lowest BCUT2D eigenvalue weighted by molar-refractivity contribution is -0.206. The van der Waals surface area contributed by atoms with Crippen molar-refractivity contribution >= 4 is 11.9 Å². The molecule has 0 radical (unpaired) electrons. The molecule has 1 aliphatic rings. The van der Waals surface area contributed by atoms with Gasteiger partial charge in [-0.15, -0.1) is 0 Å². The molecule has 2 aromatic rings. The van der Waals surface area contributed by atoms with Crippen molar-refractivity contribution in [3.8, 4) is 22.6 Å². The van der Waals surface area contributed by atoms with Gasteiger partial charge in [-0.3, -0.25) is 0 Å². The molecule has 1 fully saturated rings. The van der Waals surface area contributed by atoms with E-state index in [2.05, 4.69) is 20.1 Å². The molecule has 0 spiro atoms. The zero-order valence-corrected chi connectivity index (χ0v) is 22.1. The first kappa shape index (κ1) is 29.3. The summed E-state index contributed by atoms with van der Waals surface area (Å²) in [5.41, 5.74) is 2.41. The molecule has 2 aromatic carbocycles. The minimum atomic E-state index is -0.694. The summed E-state index contributed by atoms with van der Waals surface area (Å²) in [7, 11) is 1.48. The van der Waals surface area contributed by atoms with E-state index in [1.807, 2.05) is 12.1 Å². The average Bonchev–Trinajstić information content (AvgIpc) is 2.94. The van der Waals surface area contributed by atoms with Crippen LogP contribution in [0.2, 0.25) is 0 Å². The van der Waals surface area contributed by atoms with Crippen molar-refractivity contribution in [1.29, 1.82) is 0 Å². The number of aliphatic hydroxyl groups is 1. The number of benzene rings is 2. The summed E-state index contributed by atoms with van der Waals surface area (Å²) < 4.78 is 28.0. The zero-order valence-electron chi connectivity index (χ0n) is 22.1. The normalized spacial score (nSPS) is 17.0. The minimum absolute atomic E-state index is 0.0304. The van der Waals surface area contributed by atoms with Gasteiger partial charge in [0.25, 0.3) is 0 Å². The van der Waals surface area contributed by atoms with Crippen LogP contribution in [0.5, 0.6) is 11.5 Å². The molecular weight excluding hydrogens is 488 g/mol. The summed E-state index contributed by atoms with van der Waals surface area (Å²) >= 11 is 0. The smallest absolute Gasteiger partial charge is 0.341 e. The SMILES string of the molecule is C=C(CO)C(=O)Oc1ccc(-c2ccc(OC(=O)C(=C)COC)c(C3OCC(CCCCC)CO3)c2)cc1. The molecule has 1 saturated heterocycles. The molecule has 0 saturated carbocycles. The largest absolute Gasteiger partial charge is 0.423 e. The van der Waals surface area contributed by atoms with Crippen molar-refractivity contribution in [1.82, 2.24) is 0 Å². The van der Waals surface area contributed by atoms with Crippen LogP contribution in [-0.4, -0.2) is 50.6 Å². The predicted molar refractivity (Wildman–Crippen MR) is 143 cm³/mol. The Morgan fingerprint density at radius 1 is 0.947 bits per heavy atom. The molecule has 1 heterocycles. The number of ether oxygens (including phenoxy) is 5. The van der Waals surface area contributed by atoms with Gasteiger partial charge in [0.2, 0.25) is 0 Å². The Hall–Kier alpha value is -3.30. The number of carbonyl (C=O) groups excluding carboxylic acids is 2. The topological polar surface area (TPSA) is 101 Å². The van der Waals surface area contributed by atoms with Crippen LogP contribution in [0.1, 0.15) is 44.5 Å². The monoisotopic (exact) mass is 524 g/mol. The van der Waals surface area contributed by atoms with Crippen LogP contribution in [0.15, 0.2) is 66.8 Å². The molecule has 0 bridgehead atoms. The first-order chi connectivity index (χ1) is 18.4. The van der Waals surface area contributed by atoms with E-state index in [1.54, 1.807) is 30.3 Å². The van der Waals surface area contributed by atoms with Gasteiger partial charge in [0.05, 0.1) is 43.1 Å². The molecule has 8 heteroatoms. The zero-order chi connectivity index (χ0) is 27.5. The Labute approximate surface area is 223 Å². The van der Waals surface area contributed by atoms with E-state index in [9.17, 15) is 9.59 Å². The van der Waals surface area contributed by atoms with E-state index < -0.39 is 24.8 Å². The van der Waals surface area contributed by atoms with Gasteiger partial charge >= 0.3 is 11.9 Å². The van der Waals surface area contributed by atoms with Crippen LogP contribution in [0.4, 0.5) is 0 Å². The fourth-order valence-electron chi connectivity index (χ4n) is 3.94. The van der Waals surface area contributed by atoms with Gasteiger partial charge in [-0.1, -0.05) is 57.5 Å². The third-order valence-electron chi connectivity index (χ3n) is 6.13. The van der Waals surface area contributed by atoms with Crippen LogP contribution < -0.4 is 9.47 Å². The maximum Gasteiger partial charge on any atom is 0.341 e. The summed E-state index contributed by atoms with van der Waals surface area (Å²) in [5, 5.41) is 9.04. The fraction of sp³-hybridized carbons (Fsp3) is 0.400.